The third kappa shape index (κ3) is 3.11. The zero-order valence-corrected chi connectivity index (χ0v) is 11.5. The minimum atomic E-state index is 0.401. The predicted molar refractivity (Wildman–Crippen MR) is 81.4 cm³/mol. The second-order valence-corrected chi connectivity index (χ2v) is 4.99. The van der Waals surface area contributed by atoms with Crippen LogP contribution in [0.5, 0.6) is 5.75 Å². The fraction of sp³-hybridized carbons (Fsp3) is 0.294. The third-order valence-electron chi connectivity index (χ3n) is 3.61. The SMILES string of the molecule is C1=CC=CN(CCN[C@H]2CCOc3ccccc32)C=C1. The lowest BCUT2D eigenvalue weighted by molar-refractivity contribution is 0.251. The zero-order valence-electron chi connectivity index (χ0n) is 11.5. The lowest BCUT2D eigenvalue weighted by Crippen LogP contribution is -2.32. The fourth-order valence-electron chi connectivity index (χ4n) is 2.57. The van der Waals surface area contributed by atoms with Gasteiger partial charge in [-0.2, -0.15) is 0 Å². The summed E-state index contributed by atoms with van der Waals surface area (Å²) < 4.78 is 5.69. The molecule has 104 valence electrons. The van der Waals surface area contributed by atoms with Crippen LogP contribution in [0.25, 0.3) is 0 Å². The maximum atomic E-state index is 5.69. The molecule has 1 N–H and O–H groups in total. The van der Waals surface area contributed by atoms with E-state index >= 15 is 0 Å². The molecule has 0 fully saturated rings. The van der Waals surface area contributed by atoms with Crippen molar-refractivity contribution in [1.29, 1.82) is 0 Å². The Labute approximate surface area is 120 Å². The van der Waals surface area contributed by atoms with E-state index in [0.717, 1.165) is 31.9 Å². The van der Waals surface area contributed by atoms with Gasteiger partial charge in [-0.1, -0.05) is 30.4 Å². The molecule has 0 spiro atoms. The van der Waals surface area contributed by atoms with Crippen LogP contribution in [0.15, 0.2) is 61.0 Å². The average Bonchev–Trinajstić information content (AvgIpc) is 2.76. The molecule has 2 aliphatic rings. The van der Waals surface area contributed by atoms with Crippen molar-refractivity contribution in [3.8, 4) is 5.75 Å². The Hall–Kier alpha value is -2.00. The molecule has 0 aliphatic carbocycles. The van der Waals surface area contributed by atoms with Gasteiger partial charge in [0.2, 0.25) is 0 Å². The number of hydrogen-bond donors (Lipinski definition) is 1. The van der Waals surface area contributed by atoms with Crippen molar-refractivity contribution in [2.75, 3.05) is 19.7 Å². The molecule has 0 saturated carbocycles. The zero-order chi connectivity index (χ0) is 13.6. The molecule has 3 nitrogen and oxygen atoms in total. The van der Waals surface area contributed by atoms with Gasteiger partial charge in [-0.25, -0.2) is 0 Å². The van der Waals surface area contributed by atoms with E-state index in [4.69, 9.17) is 4.74 Å². The number of nitrogens with one attached hydrogen (secondary N) is 1. The van der Waals surface area contributed by atoms with E-state index in [9.17, 15) is 0 Å². The lowest BCUT2D eigenvalue weighted by atomic mass is 10.0. The van der Waals surface area contributed by atoms with Gasteiger partial charge in [0.25, 0.3) is 0 Å². The summed E-state index contributed by atoms with van der Waals surface area (Å²) >= 11 is 0. The molecule has 1 aromatic rings. The van der Waals surface area contributed by atoms with Crippen molar-refractivity contribution in [2.45, 2.75) is 12.5 Å². The maximum Gasteiger partial charge on any atom is 0.124 e. The minimum absolute atomic E-state index is 0.401. The van der Waals surface area contributed by atoms with E-state index in [1.54, 1.807) is 0 Å². The second-order valence-electron chi connectivity index (χ2n) is 4.99. The Kier molecular flexibility index (Phi) is 4.19. The van der Waals surface area contributed by atoms with E-state index in [1.165, 1.54) is 5.56 Å². The van der Waals surface area contributed by atoms with Crippen molar-refractivity contribution in [3.63, 3.8) is 0 Å². The Morgan fingerprint density at radius 2 is 1.90 bits per heavy atom. The highest BCUT2D eigenvalue weighted by atomic mass is 16.5. The minimum Gasteiger partial charge on any atom is -0.493 e. The number of rotatable bonds is 4. The van der Waals surface area contributed by atoms with Crippen molar-refractivity contribution in [2.24, 2.45) is 0 Å². The Morgan fingerprint density at radius 1 is 1.10 bits per heavy atom. The molecule has 2 heterocycles. The van der Waals surface area contributed by atoms with Crippen LogP contribution in [0, 0.1) is 0 Å². The highest BCUT2D eigenvalue weighted by molar-refractivity contribution is 5.37. The van der Waals surface area contributed by atoms with Crippen molar-refractivity contribution < 1.29 is 4.74 Å². The monoisotopic (exact) mass is 268 g/mol. The normalized spacial score (nSPS) is 20.4. The van der Waals surface area contributed by atoms with E-state index in [-0.39, 0.29) is 0 Å². The Balaban J connectivity index is 1.54. The standard InChI is InChI=1S/C17H20N2O/c1-2-6-12-19(11-5-1)13-10-18-16-9-14-20-17-8-4-3-7-15(16)17/h1-8,11-12,16,18H,9-10,13-14H2/t16-/m0/s1. The molecule has 3 heteroatoms. The number of benzene rings is 1. The molecule has 0 saturated heterocycles. The lowest BCUT2D eigenvalue weighted by Gasteiger charge is -2.27. The van der Waals surface area contributed by atoms with Crippen molar-refractivity contribution in [1.82, 2.24) is 10.2 Å². The maximum absolute atomic E-state index is 5.69. The molecule has 20 heavy (non-hydrogen) atoms. The number of para-hydroxylation sites is 1. The molecular formula is C17H20N2O. The van der Waals surface area contributed by atoms with Crippen LogP contribution in [0.4, 0.5) is 0 Å². The topological polar surface area (TPSA) is 24.5 Å². The second kappa shape index (κ2) is 6.44. The van der Waals surface area contributed by atoms with Crippen LogP contribution in [-0.4, -0.2) is 24.6 Å². The predicted octanol–water partition coefficient (Wildman–Crippen LogP) is 3.00. The summed E-state index contributed by atoms with van der Waals surface area (Å²) in [5, 5.41) is 3.64. The molecule has 1 aromatic carbocycles. The van der Waals surface area contributed by atoms with Crippen LogP contribution >= 0.6 is 0 Å². The van der Waals surface area contributed by atoms with E-state index in [1.807, 2.05) is 18.2 Å². The number of hydrogen-bond acceptors (Lipinski definition) is 3. The van der Waals surface area contributed by atoms with Gasteiger partial charge >= 0.3 is 0 Å². The van der Waals surface area contributed by atoms with Crippen molar-refractivity contribution in [3.05, 3.63) is 66.5 Å². The highest BCUT2D eigenvalue weighted by Crippen LogP contribution is 2.31. The summed E-state index contributed by atoms with van der Waals surface area (Å²) in [5.74, 6) is 1.02. The van der Waals surface area contributed by atoms with Gasteiger partial charge in [-0.05, 0) is 18.2 Å². The molecule has 3 rings (SSSR count). The first-order valence-corrected chi connectivity index (χ1v) is 7.16. The molecular weight excluding hydrogens is 248 g/mol. The molecule has 2 aliphatic heterocycles. The Bertz CT molecular complexity index is 518. The Morgan fingerprint density at radius 3 is 2.75 bits per heavy atom. The first-order valence-electron chi connectivity index (χ1n) is 7.16. The first kappa shape index (κ1) is 13.0. The van der Waals surface area contributed by atoms with E-state index in [2.05, 4.69) is 53.0 Å². The van der Waals surface area contributed by atoms with Crippen LogP contribution in [-0.2, 0) is 0 Å². The summed E-state index contributed by atoms with van der Waals surface area (Å²) in [7, 11) is 0. The number of allylic oxidation sites excluding steroid dienone is 4. The van der Waals surface area contributed by atoms with Crippen molar-refractivity contribution >= 4 is 0 Å². The first-order chi connectivity index (χ1) is 9.93. The van der Waals surface area contributed by atoms with Gasteiger partial charge in [-0.3, -0.25) is 0 Å². The number of nitrogens with zero attached hydrogens (tertiary/aromatic N) is 1. The number of ether oxygens (including phenoxy) is 1. The van der Waals surface area contributed by atoms with Gasteiger partial charge < -0.3 is 15.0 Å². The summed E-state index contributed by atoms with van der Waals surface area (Å²) in [4.78, 5) is 2.19. The quantitative estimate of drug-likeness (QED) is 0.908. The molecule has 0 aromatic heterocycles. The van der Waals surface area contributed by atoms with Crippen LogP contribution in [0.3, 0.4) is 0 Å². The molecule has 0 radical (unpaired) electrons. The van der Waals surface area contributed by atoms with Gasteiger partial charge in [0.05, 0.1) is 6.61 Å². The molecule has 0 amide bonds. The summed E-state index contributed by atoms with van der Waals surface area (Å²) in [6.07, 6.45) is 13.4. The summed E-state index contributed by atoms with van der Waals surface area (Å²) in [5.41, 5.74) is 1.28. The molecule has 1 atom stereocenters. The highest BCUT2D eigenvalue weighted by Gasteiger charge is 2.20. The molecule has 0 unspecified atom stereocenters. The van der Waals surface area contributed by atoms with E-state index < -0.39 is 0 Å². The van der Waals surface area contributed by atoms with Gasteiger partial charge in [0, 0.05) is 43.5 Å². The molecule has 0 bridgehead atoms. The number of fused-ring (bicyclic) bond motifs is 1. The van der Waals surface area contributed by atoms with Gasteiger partial charge in [0.1, 0.15) is 5.75 Å². The van der Waals surface area contributed by atoms with E-state index in [0.29, 0.717) is 6.04 Å². The largest absolute Gasteiger partial charge is 0.493 e. The third-order valence-corrected chi connectivity index (χ3v) is 3.61. The van der Waals surface area contributed by atoms with Crippen LogP contribution < -0.4 is 10.1 Å². The summed E-state index contributed by atoms with van der Waals surface area (Å²) in [6, 6.07) is 8.71. The average molecular weight is 268 g/mol. The smallest absolute Gasteiger partial charge is 0.124 e. The van der Waals surface area contributed by atoms with Crippen LogP contribution in [0.1, 0.15) is 18.0 Å². The van der Waals surface area contributed by atoms with Gasteiger partial charge in [-0.15, -0.1) is 0 Å². The van der Waals surface area contributed by atoms with Crippen LogP contribution in [0.2, 0.25) is 0 Å². The summed E-state index contributed by atoms with van der Waals surface area (Å²) in [6.45, 7) is 2.71. The van der Waals surface area contributed by atoms with Gasteiger partial charge in [0.15, 0.2) is 0 Å². The fourth-order valence-corrected chi connectivity index (χ4v) is 2.57.